The number of carbonyl (C=O) groups is 2. The molecule has 0 aliphatic heterocycles. The fraction of sp³-hybridized carbons (Fsp3) is 0.150. The minimum absolute atomic E-state index is 0.0590. The summed E-state index contributed by atoms with van der Waals surface area (Å²) >= 11 is 4.44. The Morgan fingerprint density at radius 2 is 2.00 bits per heavy atom. The van der Waals surface area contributed by atoms with Crippen LogP contribution < -0.4 is 10.6 Å². The Labute approximate surface area is 184 Å². The number of thiazole rings is 2. The van der Waals surface area contributed by atoms with Gasteiger partial charge in [0, 0.05) is 40.5 Å². The van der Waals surface area contributed by atoms with E-state index in [0.717, 1.165) is 26.0 Å². The van der Waals surface area contributed by atoms with Crippen LogP contribution in [0, 0.1) is 0 Å². The molecule has 152 valence electrons. The lowest BCUT2D eigenvalue weighted by atomic mass is 10.3. The summed E-state index contributed by atoms with van der Waals surface area (Å²) in [6, 6.07) is 7.74. The summed E-state index contributed by atoms with van der Waals surface area (Å²) in [7, 11) is 0. The number of anilines is 1. The SMILES string of the molecule is CC(=O)NCc1ccc(-c2csc(NC(=O)Cc3csc(-c4cccnc4)n3)n2)s1. The highest BCUT2D eigenvalue weighted by atomic mass is 32.1. The predicted octanol–water partition coefficient (Wildman–Crippen LogP) is 4.21. The molecule has 4 heterocycles. The van der Waals surface area contributed by atoms with Crippen LogP contribution >= 0.6 is 34.0 Å². The van der Waals surface area contributed by atoms with Crippen LogP contribution in [0.1, 0.15) is 17.5 Å². The smallest absolute Gasteiger partial charge is 0.232 e. The van der Waals surface area contributed by atoms with E-state index in [1.165, 1.54) is 29.6 Å². The molecular formula is C20H17N5O2S3. The molecule has 2 amide bonds. The Balaban J connectivity index is 1.35. The van der Waals surface area contributed by atoms with Crippen LogP contribution in [0.2, 0.25) is 0 Å². The van der Waals surface area contributed by atoms with Crippen molar-refractivity contribution in [2.24, 2.45) is 0 Å². The van der Waals surface area contributed by atoms with Gasteiger partial charge in [-0.15, -0.1) is 34.0 Å². The van der Waals surface area contributed by atoms with Gasteiger partial charge >= 0.3 is 0 Å². The molecule has 0 aliphatic rings. The Hall–Kier alpha value is -2.95. The normalized spacial score (nSPS) is 10.7. The number of aromatic nitrogens is 3. The van der Waals surface area contributed by atoms with Gasteiger partial charge in [-0.2, -0.15) is 0 Å². The second kappa shape index (κ2) is 9.24. The van der Waals surface area contributed by atoms with Gasteiger partial charge in [0.15, 0.2) is 5.13 Å². The van der Waals surface area contributed by atoms with Crippen LogP contribution in [-0.2, 0) is 22.6 Å². The molecule has 0 radical (unpaired) electrons. The first-order valence-corrected chi connectivity index (χ1v) is 11.6. The summed E-state index contributed by atoms with van der Waals surface area (Å²) in [5.74, 6) is -0.215. The van der Waals surface area contributed by atoms with E-state index >= 15 is 0 Å². The van der Waals surface area contributed by atoms with Crippen molar-refractivity contribution < 1.29 is 9.59 Å². The van der Waals surface area contributed by atoms with Crippen LogP contribution in [0.5, 0.6) is 0 Å². The third kappa shape index (κ3) is 5.15. The molecular weight excluding hydrogens is 438 g/mol. The van der Waals surface area contributed by atoms with Crippen molar-refractivity contribution in [2.45, 2.75) is 19.9 Å². The van der Waals surface area contributed by atoms with Gasteiger partial charge in [-0.1, -0.05) is 0 Å². The fourth-order valence-corrected chi connectivity index (χ4v) is 5.12. The molecule has 0 aliphatic carbocycles. The van der Waals surface area contributed by atoms with Gasteiger partial charge in [0.05, 0.1) is 29.2 Å². The summed E-state index contributed by atoms with van der Waals surface area (Å²) in [4.78, 5) is 38.6. The number of rotatable bonds is 7. The number of nitrogens with zero attached hydrogens (tertiary/aromatic N) is 3. The predicted molar refractivity (Wildman–Crippen MR) is 121 cm³/mol. The Bertz CT molecular complexity index is 1170. The van der Waals surface area contributed by atoms with Gasteiger partial charge in [0.1, 0.15) is 5.01 Å². The summed E-state index contributed by atoms with van der Waals surface area (Å²) in [6.45, 7) is 2.00. The zero-order chi connectivity index (χ0) is 20.9. The number of carbonyl (C=O) groups excluding carboxylic acids is 2. The first kappa shape index (κ1) is 20.3. The minimum Gasteiger partial charge on any atom is -0.351 e. The second-order valence-corrected chi connectivity index (χ2v) is 9.21. The van der Waals surface area contributed by atoms with Crippen molar-refractivity contribution in [3.8, 4) is 21.1 Å². The van der Waals surface area contributed by atoms with E-state index in [-0.39, 0.29) is 18.2 Å². The van der Waals surface area contributed by atoms with Gasteiger partial charge in [-0.3, -0.25) is 14.6 Å². The molecule has 0 atom stereocenters. The lowest BCUT2D eigenvalue weighted by molar-refractivity contribution is -0.119. The molecule has 4 rings (SSSR count). The highest BCUT2D eigenvalue weighted by Crippen LogP contribution is 2.31. The lowest BCUT2D eigenvalue weighted by Gasteiger charge is -1.99. The zero-order valence-electron chi connectivity index (χ0n) is 15.9. The Morgan fingerprint density at radius 3 is 2.80 bits per heavy atom. The van der Waals surface area contributed by atoms with E-state index in [1.807, 2.05) is 35.0 Å². The third-order valence-corrected chi connectivity index (χ3v) is 6.78. The van der Waals surface area contributed by atoms with Crippen molar-refractivity contribution in [3.63, 3.8) is 0 Å². The van der Waals surface area contributed by atoms with Gasteiger partial charge in [0.25, 0.3) is 0 Å². The number of pyridine rings is 1. The van der Waals surface area contributed by atoms with E-state index in [2.05, 4.69) is 25.6 Å². The number of nitrogens with one attached hydrogen (secondary N) is 2. The monoisotopic (exact) mass is 455 g/mol. The lowest BCUT2D eigenvalue weighted by Crippen LogP contribution is -2.17. The summed E-state index contributed by atoms with van der Waals surface area (Å²) in [5, 5.41) is 10.8. The highest BCUT2D eigenvalue weighted by molar-refractivity contribution is 7.17. The molecule has 4 aromatic heterocycles. The molecule has 2 N–H and O–H groups in total. The Kier molecular flexibility index (Phi) is 6.26. The number of hydrogen-bond acceptors (Lipinski definition) is 8. The molecule has 7 nitrogen and oxygen atoms in total. The van der Waals surface area contributed by atoms with E-state index in [4.69, 9.17) is 0 Å². The average molecular weight is 456 g/mol. The number of thiophene rings is 1. The summed E-state index contributed by atoms with van der Waals surface area (Å²) < 4.78 is 0. The molecule has 0 saturated carbocycles. The molecule has 30 heavy (non-hydrogen) atoms. The molecule has 0 bridgehead atoms. The van der Waals surface area contributed by atoms with Crippen molar-refractivity contribution >= 4 is 51.0 Å². The summed E-state index contributed by atoms with van der Waals surface area (Å²) in [5.41, 5.74) is 2.46. The van der Waals surface area contributed by atoms with Crippen molar-refractivity contribution in [3.05, 3.63) is 58.0 Å². The zero-order valence-corrected chi connectivity index (χ0v) is 18.4. The van der Waals surface area contributed by atoms with Gasteiger partial charge < -0.3 is 10.6 Å². The van der Waals surface area contributed by atoms with Gasteiger partial charge in [-0.25, -0.2) is 9.97 Å². The van der Waals surface area contributed by atoms with Crippen LogP contribution in [0.3, 0.4) is 0 Å². The molecule has 0 fully saturated rings. The van der Waals surface area contributed by atoms with Crippen LogP contribution in [-0.4, -0.2) is 26.8 Å². The van der Waals surface area contributed by atoms with Crippen LogP contribution in [0.25, 0.3) is 21.1 Å². The quantitative estimate of drug-likeness (QED) is 0.435. The maximum atomic E-state index is 12.4. The first-order chi connectivity index (χ1) is 14.6. The van der Waals surface area contributed by atoms with E-state index < -0.39 is 0 Å². The minimum atomic E-state index is -0.156. The third-order valence-electron chi connectivity index (χ3n) is 3.98. The van der Waals surface area contributed by atoms with Crippen LogP contribution in [0.15, 0.2) is 47.4 Å². The van der Waals surface area contributed by atoms with Gasteiger partial charge in [0.2, 0.25) is 11.8 Å². The number of hydrogen-bond donors (Lipinski definition) is 2. The fourth-order valence-electron chi connectivity index (χ4n) is 2.60. The maximum absolute atomic E-state index is 12.4. The molecule has 10 heteroatoms. The molecule has 0 spiro atoms. The molecule has 0 saturated heterocycles. The highest BCUT2D eigenvalue weighted by Gasteiger charge is 2.13. The van der Waals surface area contributed by atoms with Crippen molar-refractivity contribution in [1.29, 1.82) is 0 Å². The number of amides is 2. The maximum Gasteiger partial charge on any atom is 0.232 e. The second-order valence-electron chi connectivity index (χ2n) is 6.32. The first-order valence-electron chi connectivity index (χ1n) is 9.00. The Morgan fingerprint density at radius 1 is 1.10 bits per heavy atom. The van der Waals surface area contributed by atoms with Gasteiger partial charge in [-0.05, 0) is 24.3 Å². The molecule has 4 aromatic rings. The topological polar surface area (TPSA) is 96.9 Å². The van der Waals surface area contributed by atoms with Crippen molar-refractivity contribution in [1.82, 2.24) is 20.3 Å². The molecule has 0 aromatic carbocycles. The standard InChI is InChI=1S/C20H17N5O2S3/c1-12(26)22-9-15-4-5-17(30-15)16-11-29-20(24-16)25-18(27)7-14-10-28-19(23-14)13-3-2-6-21-8-13/h2-6,8,10-11H,7,9H2,1H3,(H,22,26)(H,24,25,27). The van der Waals surface area contributed by atoms with E-state index in [0.29, 0.717) is 17.4 Å². The van der Waals surface area contributed by atoms with E-state index in [1.54, 1.807) is 23.7 Å². The van der Waals surface area contributed by atoms with Crippen LogP contribution in [0.4, 0.5) is 5.13 Å². The van der Waals surface area contributed by atoms with Crippen molar-refractivity contribution in [2.75, 3.05) is 5.32 Å². The molecule has 0 unspecified atom stereocenters. The average Bonchev–Trinajstić information content (AvgIpc) is 3.48. The summed E-state index contributed by atoms with van der Waals surface area (Å²) in [6.07, 6.45) is 3.66. The largest absolute Gasteiger partial charge is 0.351 e. The van der Waals surface area contributed by atoms with E-state index in [9.17, 15) is 9.59 Å².